The summed E-state index contributed by atoms with van der Waals surface area (Å²) in [5.41, 5.74) is 0. The smallest absolute Gasteiger partial charge is 0.126 e. The molecule has 1 aromatic rings. The lowest BCUT2D eigenvalue weighted by molar-refractivity contribution is 0.516. The number of aromatic nitrogens is 1. The average Bonchev–Trinajstić information content (AvgIpc) is 2.38. The van der Waals surface area contributed by atoms with Crippen molar-refractivity contribution in [2.75, 3.05) is 11.9 Å². The first kappa shape index (κ1) is 12.7. The van der Waals surface area contributed by atoms with E-state index in [2.05, 4.69) is 29.4 Å². The summed E-state index contributed by atoms with van der Waals surface area (Å²) in [7, 11) is 0. The van der Waals surface area contributed by atoms with Gasteiger partial charge in [-0.05, 0) is 31.4 Å². The van der Waals surface area contributed by atoms with E-state index in [4.69, 9.17) is 0 Å². The lowest BCUT2D eigenvalue weighted by atomic mass is 10.0. The van der Waals surface area contributed by atoms with Crippen LogP contribution in [-0.2, 0) is 0 Å². The second-order valence-corrected chi connectivity index (χ2v) is 6.06. The van der Waals surface area contributed by atoms with E-state index in [0.29, 0.717) is 0 Å². The molecule has 0 bridgehead atoms. The first-order chi connectivity index (χ1) is 8.38. The van der Waals surface area contributed by atoms with Crippen LogP contribution in [-0.4, -0.2) is 16.8 Å². The summed E-state index contributed by atoms with van der Waals surface area (Å²) in [6.45, 7) is 3.18. The Labute approximate surface area is 109 Å². The number of hydrogen-bond donors (Lipinski definition) is 1. The number of hydrogen-bond acceptors (Lipinski definition) is 3. The third-order valence-electron chi connectivity index (χ3n) is 3.14. The van der Waals surface area contributed by atoms with Crippen molar-refractivity contribution in [1.29, 1.82) is 0 Å². The van der Waals surface area contributed by atoms with Gasteiger partial charge in [0.2, 0.25) is 0 Å². The SMILES string of the molecule is CCCNc1cc(SC2CCCCC2)ccn1. The van der Waals surface area contributed by atoms with E-state index in [1.54, 1.807) is 0 Å². The van der Waals surface area contributed by atoms with E-state index in [-0.39, 0.29) is 0 Å². The number of pyridine rings is 1. The molecule has 1 fully saturated rings. The van der Waals surface area contributed by atoms with E-state index in [9.17, 15) is 0 Å². The third kappa shape index (κ3) is 4.23. The standard InChI is InChI=1S/C14H22N2S/c1-2-9-15-14-11-13(8-10-16-14)17-12-6-4-3-5-7-12/h8,10-12H,2-7,9H2,1H3,(H,15,16). The molecule has 2 rings (SSSR count). The Kier molecular flexibility index (Phi) is 5.17. The van der Waals surface area contributed by atoms with Crippen molar-refractivity contribution in [3.63, 3.8) is 0 Å². The summed E-state index contributed by atoms with van der Waals surface area (Å²) >= 11 is 2.03. The molecule has 0 aliphatic heterocycles. The first-order valence-electron chi connectivity index (χ1n) is 6.75. The van der Waals surface area contributed by atoms with Crippen molar-refractivity contribution in [1.82, 2.24) is 4.98 Å². The van der Waals surface area contributed by atoms with Gasteiger partial charge in [0.05, 0.1) is 0 Å². The maximum absolute atomic E-state index is 4.35. The van der Waals surface area contributed by atoms with Gasteiger partial charge in [0.25, 0.3) is 0 Å². The Morgan fingerprint density at radius 3 is 2.94 bits per heavy atom. The van der Waals surface area contributed by atoms with Crippen molar-refractivity contribution in [2.24, 2.45) is 0 Å². The highest BCUT2D eigenvalue weighted by Gasteiger charge is 2.14. The van der Waals surface area contributed by atoms with Gasteiger partial charge in [-0.1, -0.05) is 26.2 Å². The lowest BCUT2D eigenvalue weighted by Gasteiger charge is -2.21. The predicted molar refractivity (Wildman–Crippen MR) is 75.7 cm³/mol. The zero-order chi connectivity index (χ0) is 11.9. The molecule has 1 N–H and O–H groups in total. The fourth-order valence-corrected chi connectivity index (χ4v) is 3.48. The highest BCUT2D eigenvalue weighted by molar-refractivity contribution is 8.00. The van der Waals surface area contributed by atoms with Gasteiger partial charge in [-0.3, -0.25) is 0 Å². The quantitative estimate of drug-likeness (QED) is 0.842. The lowest BCUT2D eigenvalue weighted by Crippen LogP contribution is -2.08. The Balaban J connectivity index is 1.90. The van der Waals surface area contributed by atoms with Crippen LogP contribution in [0.5, 0.6) is 0 Å². The van der Waals surface area contributed by atoms with E-state index in [0.717, 1.165) is 24.0 Å². The van der Waals surface area contributed by atoms with Crippen LogP contribution in [0, 0.1) is 0 Å². The van der Waals surface area contributed by atoms with Crippen LogP contribution in [0.3, 0.4) is 0 Å². The van der Waals surface area contributed by atoms with E-state index in [1.165, 1.54) is 37.0 Å². The van der Waals surface area contributed by atoms with Gasteiger partial charge in [0, 0.05) is 22.9 Å². The molecule has 1 saturated carbocycles. The Bertz CT molecular complexity index is 335. The molecule has 0 radical (unpaired) electrons. The number of thioether (sulfide) groups is 1. The van der Waals surface area contributed by atoms with Gasteiger partial charge in [-0.25, -0.2) is 4.98 Å². The summed E-state index contributed by atoms with van der Waals surface area (Å²) in [6.07, 6.45) is 10.1. The molecule has 1 aromatic heterocycles. The van der Waals surface area contributed by atoms with Crippen LogP contribution >= 0.6 is 11.8 Å². The molecular weight excluding hydrogens is 228 g/mol. The monoisotopic (exact) mass is 250 g/mol. The van der Waals surface area contributed by atoms with Gasteiger partial charge < -0.3 is 5.32 Å². The van der Waals surface area contributed by atoms with Crippen LogP contribution in [0.15, 0.2) is 23.2 Å². The van der Waals surface area contributed by atoms with Gasteiger partial charge >= 0.3 is 0 Å². The molecular formula is C14H22N2S. The topological polar surface area (TPSA) is 24.9 Å². The molecule has 1 heterocycles. The van der Waals surface area contributed by atoms with Crippen LogP contribution in [0.2, 0.25) is 0 Å². The molecule has 0 spiro atoms. The van der Waals surface area contributed by atoms with Gasteiger partial charge in [-0.2, -0.15) is 0 Å². The highest BCUT2D eigenvalue weighted by atomic mass is 32.2. The molecule has 0 saturated heterocycles. The number of rotatable bonds is 5. The van der Waals surface area contributed by atoms with Crippen LogP contribution in [0.25, 0.3) is 0 Å². The fourth-order valence-electron chi connectivity index (χ4n) is 2.21. The van der Waals surface area contributed by atoms with Crippen molar-refractivity contribution in [3.05, 3.63) is 18.3 Å². The largest absolute Gasteiger partial charge is 0.370 e. The van der Waals surface area contributed by atoms with Crippen LogP contribution in [0.4, 0.5) is 5.82 Å². The fraction of sp³-hybridized carbons (Fsp3) is 0.643. The zero-order valence-electron chi connectivity index (χ0n) is 10.6. The first-order valence-corrected chi connectivity index (χ1v) is 7.63. The van der Waals surface area contributed by atoms with Crippen molar-refractivity contribution in [3.8, 4) is 0 Å². The highest BCUT2D eigenvalue weighted by Crippen LogP contribution is 2.33. The Hall–Kier alpha value is -0.700. The minimum atomic E-state index is 0.824. The van der Waals surface area contributed by atoms with E-state index < -0.39 is 0 Å². The molecule has 1 aliphatic rings. The Morgan fingerprint density at radius 2 is 2.18 bits per heavy atom. The zero-order valence-corrected chi connectivity index (χ0v) is 11.4. The molecule has 17 heavy (non-hydrogen) atoms. The van der Waals surface area contributed by atoms with Crippen LogP contribution in [0.1, 0.15) is 45.4 Å². The number of anilines is 1. The number of nitrogens with zero attached hydrogens (tertiary/aromatic N) is 1. The molecule has 1 aliphatic carbocycles. The molecule has 0 unspecified atom stereocenters. The summed E-state index contributed by atoms with van der Waals surface area (Å²) < 4.78 is 0. The van der Waals surface area contributed by atoms with E-state index >= 15 is 0 Å². The molecule has 0 atom stereocenters. The van der Waals surface area contributed by atoms with Gasteiger partial charge in [-0.15, -0.1) is 11.8 Å². The maximum atomic E-state index is 4.35. The van der Waals surface area contributed by atoms with Gasteiger partial charge in [0.1, 0.15) is 5.82 Å². The summed E-state index contributed by atoms with van der Waals surface area (Å²) in [5.74, 6) is 1.02. The second kappa shape index (κ2) is 6.90. The summed E-state index contributed by atoms with van der Waals surface area (Å²) in [6, 6.07) is 4.32. The van der Waals surface area contributed by atoms with Crippen molar-refractivity contribution < 1.29 is 0 Å². The van der Waals surface area contributed by atoms with Gasteiger partial charge in [0.15, 0.2) is 0 Å². The average molecular weight is 250 g/mol. The molecule has 94 valence electrons. The normalized spacial score (nSPS) is 17.0. The predicted octanol–water partition coefficient (Wildman–Crippen LogP) is 4.33. The van der Waals surface area contributed by atoms with E-state index in [1.807, 2.05) is 18.0 Å². The Morgan fingerprint density at radius 1 is 1.35 bits per heavy atom. The molecule has 2 nitrogen and oxygen atoms in total. The van der Waals surface area contributed by atoms with Crippen LogP contribution < -0.4 is 5.32 Å². The second-order valence-electron chi connectivity index (χ2n) is 4.68. The third-order valence-corrected chi connectivity index (χ3v) is 4.47. The van der Waals surface area contributed by atoms with Crippen molar-refractivity contribution >= 4 is 17.6 Å². The van der Waals surface area contributed by atoms with Crippen molar-refractivity contribution in [2.45, 2.75) is 55.6 Å². The molecule has 0 amide bonds. The maximum Gasteiger partial charge on any atom is 0.126 e. The molecule has 3 heteroatoms. The minimum absolute atomic E-state index is 0.824. The number of nitrogens with one attached hydrogen (secondary N) is 1. The molecule has 0 aromatic carbocycles. The minimum Gasteiger partial charge on any atom is -0.370 e. The summed E-state index contributed by atoms with van der Waals surface area (Å²) in [5, 5.41) is 4.17. The summed E-state index contributed by atoms with van der Waals surface area (Å²) in [4.78, 5) is 5.71.